The highest BCUT2D eigenvalue weighted by Crippen LogP contribution is 2.22. The molecular weight excluding hydrogens is 384 g/mol. The maximum absolute atomic E-state index is 12.3. The van der Waals surface area contributed by atoms with Crippen molar-refractivity contribution in [2.24, 2.45) is 0 Å². The summed E-state index contributed by atoms with van der Waals surface area (Å²) in [6.45, 7) is -3.15. The van der Waals surface area contributed by atoms with E-state index in [-0.39, 0.29) is 17.1 Å². The number of carbonyl (C=O) groups is 1. The maximum Gasteiger partial charge on any atom is 0.422 e. The lowest BCUT2D eigenvalue weighted by molar-refractivity contribution is -0.154. The van der Waals surface area contributed by atoms with Crippen LogP contribution in [0.2, 0.25) is 0 Å². The summed E-state index contributed by atoms with van der Waals surface area (Å²) in [6.07, 6.45) is -6.96. The Labute approximate surface area is 148 Å². The molecule has 2 heterocycles. The fourth-order valence-electron chi connectivity index (χ4n) is 1.72. The first-order valence-corrected chi connectivity index (χ1v) is 7.15. The van der Waals surface area contributed by atoms with Gasteiger partial charge in [0.15, 0.2) is 13.2 Å². The van der Waals surface area contributed by atoms with Gasteiger partial charge in [0.05, 0.1) is 11.9 Å². The van der Waals surface area contributed by atoms with Crippen molar-refractivity contribution in [3.63, 3.8) is 0 Å². The van der Waals surface area contributed by atoms with Crippen LogP contribution in [0.1, 0.15) is 10.4 Å². The number of nitrogens with one attached hydrogen (secondary N) is 1. The molecule has 0 aliphatic carbocycles. The lowest BCUT2D eigenvalue weighted by Gasteiger charge is -2.12. The molecule has 2 rings (SSSR count). The van der Waals surface area contributed by atoms with Crippen LogP contribution >= 0.6 is 0 Å². The second-order valence-electron chi connectivity index (χ2n) is 5.00. The van der Waals surface area contributed by atoms with Crippen LogP contribution in [0.3, 0.4) is 0 Å². The number of amides is 1. The van der Waals surface area contributed by atoms with E-state index in [1.54, 1.807) is 0 Å². The van der Waals surface area contributed by atoms with Crippen molar-refractivity contribution in [3.05, 3.63) is 42.2 Å². The van der Waals surface area contributed by atoms with Crippen LogP contribution in [0, 0.1) is 0 Å². The van der Waals surface area contributed by atoms with Crippen LogP contribution in [0.5, 0.6) is 11.8 Å². The fourth-order valence-corrected chi connectivity index (χ4v) is 1.72. The van der Waals surface area contributed by atoms with Crippen LogP contribution in [-0.4, -0.2) is 41.4 Å². The largest absolute Gasteiger partial charge is 0.468 e. The summed E-state index contributed by atoms with van der Waals surface area (Å²) in [7, 11) is 0. The van der Waals surface area contributed by atoms with Gasteiger partial charge in [-0.15, -0.1) is 0 Å². The molecule has 2 aromatic rings. The highest BCUT2D eigenvalue weighted by Gasteiger charge is 2.30. The zero-order valence-corrected chi connectivity index (χ0v) is 13.3. The lowest BCUT2D eigenvalue weighted by atomic mass is 10.2. The van der Waals surface area contributed by atoms with Gasteiger partial charge >= 0.3 is 12.4 Å². The predicted molar refractivity (Wildman–Crippen MR) is 79.5 cm³/mol. The number of alkyl halides is 6. The van der Waals surface area contributed by atoms with Gasteiger partial charge in [0, 0.05) is 12.3 Å². The number of hydrogen-bond acceptors (Lipinski definition) is 5. The molecule has 0 aromatic carbocycles. The second kappa shape index (κ2) is 8.10. The van der Waals surface area contributed by atoms with Gasteiger partial charge in [-0.05, 0) is 18.2 Å². The van der Waals surface area contributed by atoms with E-state index in [0.717, 1.165) is 18.5 Å². The number of pyridine rings is 2. The van der Waals surface area contributed by atoms with Gasteiger partial charge in [-0.1, -0.05) is 0 Å². The molecule has 6 nitrogen and oxygen atoms in total. The zero-order chi connectivity index (χ0) is 20.1. The monoisotopic (exact) mass is 395 g/mol. The Balaban J connectivity index is 2.03. The molecule has 1 N–H and O–H groups in total. The molecule has 0 spiro atoms. The average molecular weight is 395 g/mol. The fraction of sp³-hybridized carbons (Fsp3) is 0.267. The van der Waals surface area contributed by atoms with Crippen molar-refractivity contribution in [2.75, 3.05) is 18.5 Å². The minimum absolute atomic E-state index is 0.0741. The van der Waals surface area contributed by atoms with Crippen LogP contribution < -0.4 is 14.8 Å². The quantitative estimate of drug-likeness (QED) is 0.757. The number of carbonyl (C=O) groups excluding carboxylic acids is 1. The van der Waals surface area contributed by atoms with E-state index in [0.29, 0.717) is 0 Å². The Hall–Kier alpha value is -3.05. The molecule has 0 saturated carbocycles. The molecule has 0 atom stereocenters. The standard InChI is InChI=1S/C15H11F6N3O3/c16-14(17,18)7-26-11-4-3-9(6-23-11)24-12(25)10-2-1-5-22-13(10)27-8-15(19,20)21/h1-6H,7-8H2,(H,24,25). The van der Waals surface area contributed by atoms with Gasteiger partial charge in [-0.2, -0.15) is 26.3 Å². The molecule has 0 aliphatic heterocycles. The number of ether oxygens (including phenoxy) is 2. The molecule has 0 fully saturated rings. The van der Waals surface area contributed by atoms with Crippen LogP contribution in [0.15, 0.2) is 36.7 Å². The number of nitrogens with zero attached hydrogens (tertiary/aromatic N) is 2. The van der Waals surface area contributed by atoms with Gasteiger partial charge in [-0.25, -0.2) is 9.97 Å². The number of aromatic nitrogens is 2. The molecule has 146 valence electrons. The summed E-state index contributed by atoms with van der Waals surface area (Å²) in [4.78, 5) is 19.3. The van der Waals surface area contributed by atoms with Crippen LogP contribution in [0.25, 0.3) is 0 Å². The zero-order valence-electron chi connectivity index (χ0n) is 13.3. The summed E-state index contributed by atoms with van der Waals surface area (Å²) in [5, 5.41) is 2.31. The first-order valence-electron chi connectivity index (χ1n) is 7.15. The molecule has 2 aromatic heterocycles. The molecule has 0 bridgehead atoms. The van der Waals surface area contributed by atoms with Gasteiger partial charge in [-0.3, -0.25) is 4.79 Å². The van der Waals surface area contributed by atoms with E-state index in [4.69, 9.17) is 0 Å². The summed E-state index contributed by atoms with van der Waals surface area (Å²) in [6, 6.07) is 4.82. The van der Waals surface area contributed by atoms with E-state index in [2.05, 4.69) is 24.8 Å². The topological polar surface area (TPSA) is 73.3 Å². The lowest BCUT2D eigenvalue weighted by Crippen LogP contribution is -2.22. The van der Waals surface area contributed by atoms with E-state index in [1.807, 2.05) is 0 Å². The number of halogens is 6. The molecule has 27 heavy (non-hydrogen) atoms. The third-order valence-electron chi connectivity index (χ3n) is 2.77. The molecule has 0 aliphatic rings. The van der Waals surface area contributed by atoms with Crippen LogP contribution in [-0.2, 0) is 0 Å². The van der Waals surface area contributed by atoms with Crippen molar-refractivity contribution in [3.8, 4) is 11.8 Å². The Morgan fingerprint density at radius 2 is 1.63 bits per heavy atom. The summed E-state index contributed by atoms with van der Waals surface area (Å²) in [5.41, 5.74) is -0.191. The Morgan fingerprint density at radius 3 is 2.22 bits per heavy atom. The first-order chi connectivity index (χ1) is 12.5. The number of rotatable bonds is 6. The highest BCUT2D eigenvalue weighted by atomic mass is 19.4. The first kappa shape index (κ1) is 20.3. The SMILES string of the molecule is O=C(Nc1ccc(OCC(F)(F)F)nc1)c1cccnc1OCC(F)(F)F. The van der Waals surface area contributed by atoms with E-state index in [9.17, 15) is 31.1 Å². The van der Waals surface area contributed by atoms with E-state index in [1.165, 1.54) is 18.2 Å². The van der Waals surface area contributed by atoms with Crippen molar-refractivity contribution in [2.45, 2.75) is 12.4 Å². The molecule has 0 unspecified atom stereocenters. The second-order valence-corrected chi connectivity index (χ2v) is 5.00. The van der Waals surface area contributed by atoms with Gasteiger partial charge in [0.2, 0.25) is 11.8 Å². The Morgan fingerprint density at radius 1 is 0.963 bits per heavy atom. The molecule has 12 heteroatoms. The van der Waals surface area contributed by atoms with Gasteiger partial charge in [0.1, 0.15) is 5.56 Å². The normalized spacial score (nSPS) is 11.8. The summed E-state index contributed by atoms with van der Waals surface area (Å²) >= 11 is 0. The number of hydrogen-bond donors (Lipinski definition) is 1. The van der Waals surface area contributed by atoms with Crippen molar-refractivity contribution >= 4 is 11.6 Å². The third-order valence-corrected chi connectivity index (χ3v) is 2.77. The third kappa shape index (κ3) is 6.99. The minimum atomic E-state index is -4.61. The molecule has 1 amide bonds. The van der Waals surface area contributed by atoms with E-state index >= 15 is 0 Å². The van der Waals surface area contributed by atoms with Crippen molar-refractivity contribution < 1.29 is 40.6 Å². The highest BCUT2D eigenvalue weighted by molar-refractivity contribution is 6.05. The maximum atomic E-state index is 12.3. The molecule has 0 radical (unpaired) electrons. The predicted octanol–water partition coefficient (Wildman–Crippen LogP) is 3.61. The Bertz CT molecular complexity index is 778. The van der Waals surface area contributed by atoms with Crippen LogP contribution in [0.4, 0.5) is 32.0 Å². The summed E-state index contributed by atoms with van der Waals surface area (Å²) in [5.74, 6) is -1.68. The van der Waals surface area contributed by atoms with Crippen molar-refractivity contribution in [1.82, 2.24) is 9.97 Å². The van der Waals surface area contributed by atoms with Crippen molar-refractivity contribution in [1.29, 1.82) is 0 Å². The smallest absolute Gasteiger partial charge is 0.422 e. The molecular formula is C15H11F6N3O3. The average Bonchev–Trinajstić information content (AvgIpc) is 2.58. The molecule has 0 saturated heterocycles. The number of anilines is 1. The van der Waals surface area contributed by atoms with Gasteiger partial charge in [0.25, 0.3) is 5.91 Å². The Kier molecular flexibility index (Phi) is 6.08. The minimum Gasteiger partial charge on any atom is -0.468 e. The summed E-state index contributed by atoms with van der Waals surface area (Å²) < 4.78 is 81.8. The van der Waals surface area contributed by atoms with E-state index < -0.39 is 37.4 Å². The van der Waals surface area contributed by atoms with Gasteiger partial charge < -0.3 is 14.8 Å².